The molecule has 6 nitrogen and oxygen atoms in total. The number of rotatable bonds is 4. The zero-order chi connectivity index (χ0) is 17.3. The van der Waals surface area contributed by atoms with Crippen LogP contribution in [0.1, 0.15) is 32.0 Å². The van der Waals surface area contributed by atoms with E-state index < -0.39 is 0 Å². The summed E-state index contributed by atoms with van der Waals surface area (Å²) in [6.45, 7) is 12.7. The predicted molar refractivity (Wildman–Crippen MR) is 94.1 cm³/mol. The molecule has 6 heteroatoms. The van der Waals surface area contributed by atoms with Gasteiger partial charge in [0, 0.05) is 45.0 Å². The van der Waals surface area contributed by atoms with Crippen LogP contribution >= 0.6 is 0 Å². The lowest BCUT2D eigenvalue weighted by Gasteiger charge is -2.41. The van der Waals surface area contributed by atoms with Crippen LogP contribution in [0.25, 0.3) is 0 Å². The van der Waals surface area contributed by atoms with Gasteiger partial charge in [0.1, 0.15) is 11.9 Å². The van der Waals surface area contributed by atoms with Gasteiger partial charge in [0.15, 0.2) is 0 Å². The average Bonchev–Trinajstić information content (AvgIpc) is 2.47. The molecule has 0 N–H and O–H groups in total. The van der Waals surface area contributed by atoms with Gasteiger partial charge in [-0.1, -0.05) is 13.8 Å². The normalized spacial score (nSPS) is 18.8. The number of amides is 1. The Morgan fingerprint density at radius 2 is 1.87 bits per heavy atom. The third-order valence-electron chi connectivity index (χ3n) is 4.36. The maximum absolute atomic E-state index is 12.7. The summed E-state index contributed by atoms with van der Waals surface area (Å²) in [6, 6.07) is -0.189. The van der Waals surface area contributed by atoms with Crippen molar-refractivity contribution in [3.05, 3.63) is 11.3 Å². The molecule has 1 aromatic rings. The quantitative estimate of drug-likeness (QED) is 0.848. The van der Waals surface area contributed by atoms with Gasteiger partial charge in [-0.2, -0.15) is 4.98 Å². The van der Waals surface area contributed by atoms with Crippen LogP contribution < -0.4 is 9.80 Å². The van der Waals surface area contributed by atoms with Crippen LogP contribution in [-0.2, 0) is 4.79 Å². The summed E-state index contributed by atoms with van der Waals surface area (Å²) in [7, 11) is 3.87. The minimum absolute atomic E-state index is 0.187. The van der Waals surface area contributed by atoms with E-state index in [9.17, 15) is 4.79 Å². The summed E-state index contributed by atoms with van der Waals surface area (Å²) in [5.41, 5.74) is 2.01. The van der Waals surface area contributed by atoms with Crippen molar-refractivity contribution in [1.29, 1.82) is 0 Å². The number of hydrogen-bond donors (Lipinski definition) is 0. The summed E-state index contributed by atoms with van der Waals surface area (Å²) in [5.74, 6) is 2.24. The summed E-state index contributed by atoms with van der Waals surface area (Å²) in [5, 5.41) is 0. The van der Waals surface area contributed by atoms with E-state index in [1.807, 2.05) is 44.7 Å². The van der Waals surface area contributed by atoms with Crippen molar-refractivity contribution in [2.24, 2.45) is 5.92 Å². The highest BCUT2D eigenvalue weighted by molar-refractivity contribution is 5.86. The van der Waals surface area contributed by atoms with Crippen molar-refractivity contribution in [1.82, 2.24) is 14.9 Å². The van der Waals surface area contributed by atoms with Gasteiger partial charge in [0.25, 0.3) is 0 Å². The number of nitrogens with zero attached hydrogens (tertiary/aromatic N) is 5. The molecule has 2 heterocycles. The lowest BCUT2D eigenvalue weighted by atomic mass is 10.1. The first kappa shape index (κ1) is 17.5. The Balaban J connectivity index is 2.31. The number of carbonyl (C=O) groups is 1. The summed E-state index contributed by atoms with van der Waals surface area (Å²) in [4.78, 5) is 27.9. The molecule has 0 bridgehead atoms. The zero-order valence-corrected chi connectivity index (χ0v) is 15.4. The molecule has 128 valence electrons. The molecule has 1 unspecified atom stereocenters. The molecule has 1 amide bonds. The van der Waals surface area contributed by atoms with Gasteiger partial charge in [-0.15, -0.1) is 0 Å². The Labute approximate surface area is 139 Å². The second-order valence-corrected chi connectivity index (χ2v) is 7.00. The number of piperazine rings is 1. The fraction of sp³-hybridized carbons (Fsp3) is 0.706. The van der Waals surface area contributed by atoms with Gasteiger partial charge in [0.05, 0.1) is 0 Å². The van der Waals surface area contributed by atoms with Crippen molar-refractivity contribution in [3.63, 3.8) is 0 Å². The third-order valence-corrected chi connectivity index (χ3v) is 4.36. The van der Waals surface area contributed by atoms with Crippen LogP contribution in [0.2, 0.25) is 0 Å². The minimum Gasteiger partial charge on any atom is -0.347 e. The number of anilines is 2. The van der Waals surface area contributed by atoms with Crippen molar-refractivity contribution >= 4 is 17.7 Å². The van der Waals surface area contributed by atoms with Crippen molar-refractivity contribution in [2.75, 3.05) is 43.5 Å². The van der Waals surface area contributed by atoms with E-state index in [1.54, 1.807) is 0 Å². The number of carbonyl (C=O) groups excluding carboxylic acids is 1. The topological polar surface area (TPSA) is 52.6 Å². The van der Waals surface area contributed by atoms with Crippen LogP contribution in [0.4, 0.5) is 11.8 Å². The maximum atomic E-state index is 12.7. The number of aryl methyl sites for hydroxylation is 1. The predicted octanol–water partition coefficient (Wildman–Crippen LogP) is 1.85. The Bertz CT molecular complexity index is 585. The zero-order valence-electron chi connectivity index (χ0n) is 15.4. The van der Waals surface area contributed by atoms with E-state index in [0.717, 1.165) is 36.7 Å². The van der Waals surface area contributed by atoms with Gasteiger partial charge >= 0.3 is 0 Å². The van der Waals surface area contributed by atoms with Crippen molar-refractivity contribution < 1.29 is 4.79 Å². The molecule has 0 saturated carbocycles. The maximum Gasteiger partial charge on any atom is 0.245 e. The molecule has 1 aliphatic heterocycles. The SMILES string of the molecule is Cc1nc(N(C)C)nc(N2CCN(CC(C)C)C(=O)C2C)c1C. The highest BCUT2D eigenvalue weighted by Gasteiger charge is 2.33. The van der Waals surface area contributed by atoms with Gasteiger partial charge in [-0.25, -0.2) is 4.98 Å². The summed E-state index contributed by atoms with van der Waals surface area (Å²) < 4.78 is 0. The highest BCUT2D eigenvalue weighted by atomic mass is 16.2. The average molecular weight is 319 g/mol. The van der Waals surface area contributed by atoms with Crippen molar-refractivity contribution in [2.45, 2.75) is 40.7 Å². The molecular weight excluding hydrogens is 290 g/mol. The van der Waals surface area contributed by atoms with Gasteiger partial charge in [0.2, 0.25) is 11.9 Å². The van der Waals surface area contributed by atoms with E-state index in [1.165, 1.54) is 0 Å². The van der Waals surface area contributed by atoms with E-state index in [4.69, 9.17) is 4.98 Å². The standard InChI is InChI=1S/C17H29N5O/c1-11(2)10-21-8-9-22(14(5)16(21)23)15-12(3)13(4)18-17(19-15)20(6)7/h11,14H,8-10H2,1-7H3. The van der Waals surface area contributed by atoms with Crippen molar-refractivity contribution in [3.8, 4) is 0 Å². The lowest BCUT2D eigenvalue weighted by molar-refractivity contribution is -0.134. The van der Waals surface area contributed by atoms with Gasteiger partial charge in [-0.05, 0) is 26.7 Å². The van der Waals surface area contributed by atoms with E-state index in [-0.39, 0.29) is 11.9 Å². The van der Waals surface area contributed by atoms with Crippen LogP contribution in [-0.4, -0.2) is 60.5 Å². The summed E-state index contributed by atoms with van der Waals surface area (Å²) >= 11 is 0. The molecule has 1 aromatic heterocycles. The highest BCUT2D eigenvalue weighted by Crippen LogP contribution is 2.26. The smallest absolute Gasteiger partial charge is 0.245 e. The van der Waals surface area contributed by atoms with E-state index in [2.05, 4.69) is 23.7 Å². The molecule has 1 atom stereocenters. The lowest BCUT2D eigenvalue weighted by Crippen LogP contribution is -2.57. The van der Waals surface area contributed by atoms with Gasteiger partial charge in [-0.3, -0.25) is 4.79 Å². The molecule has 0 aliphatic carbocycles. The second-order valence-electron chi connectivity index (χ2n) is 7.00. The molecule has 2 rings (SSSR count). The number of hydrogen-bond acceptors (Lipinski definition) is 5. The summed E-state index contributed by atoms with van der Waals surface area (Å²) in [6.07, 6.45) is 0. The molecule has 0 aromatic carbocycles. The van der Waals surface area contributed by atoms with Crippen LogP contribution in [0.5, 0.6) is 0 Å². The molecule has 1 aliphatic rings. The fourth-order valence-corrected chi connectivity index (χ4v) is 2.92. The molecular formula is C17H29N5O. The van der Waals surface area contributed by atoms with Gasteiger partial charge < -0.3 is 14.7 Å². The second kappa shape index (κ2) is 6.72. The van der Waals surface area contributed by atoms with Crippen LogP contribution in [0.3, 0.4) is 0 Å². The first-order chi connectivity index (χ1) is 10.7. The molecule has 23 heavy (non-hydrogen) atoms. The molecule has 0 radical (unpaired) electrons. The molecule has 1 saturated heterocycles. The van der Waals surface area contributed by atoms with Crippen LogP contribution in [0, 0.1) is 19.8 Å². The first-order valence-electron chi connectivity index (χ1n) is 8.30. The number of aromatic nitrogens is 2. The minimum atomic E-state index is -0.189. The Hall–Kier alpha value is -1.85. The Morgan fingerprint density at radius 1 is 1.22 bits per heavy atom. The molecule has 1 fully saturated rings. The Kier molecular flexibility index (Phi) is 5.12. The van der Waals surface area contributed by atoms with Crippen LogP contribution in [0.15, 0.2) is 0 Å². The fourth-order valence-electron chi connectivity index (χ4n) is 2.92. The Morgan fingerprint density at radius 3 is 2.43 bits per heavy atom. The third kappa shape index (κ3) is 3.57. The molecule has 0 spiro atoms. The monoisotopic (exact) mass is 319 g/mol. The largest absolute Gasteiger partial charge is 0.347 e. The van der Waals surface area contributed by atoms with E-state index in [0.29, 0.717) is 11.9 Å². The first-order valence-corrected chi connectivity index (χ1v) is 8.30. The van der Waals surface area contributed by atoms with E-state index >= 15 is 0 Å².